The van der Waals surface area contributed by atoms with E-state index in [1.54, 1.807) is 0 Å². The first-order chi connectivity index (χ1) is 8.60. The van der Waals surface area contributed by atoms with E-state index >= 15 is 0 Å². The smallest absolute Gasteiger partial charge is 0.239 e. The summed E-state index contributed by atoms with van der Waals surface area (Å²) in [6.45, 7) is 6.12. The number of anilines is 1. The Labute approximate surface area is 112 Å². The van der Waals surface area contributed by atoms with Crippen molar-refractivity contribution in [1.82, 2.24) is 0 Å². The van der Waals surface area contributed by atoms with Gasteiger partial charge in [-0.25, -0.2) is 0 Å². The van der Waals surface area contributed by atoms with Crippen molar-refractivity contribution < 1.29 is 9.63 Å². The maximum absolute atomic E-state index is 11.4. The Morgan fingerprint density at radius 2 is 2.22 bits per heavy atom. The fourth-order valence-corrected chi connectivity index (χ4v) is 1.59. The number of para-hydroxylation sites is 1. The lowest BCUT2D eigenvalue weighted by Gasteiger charge is -2.12. The van der Waals surface area contributed by atoms with E-state index in [0.29, 0.717) is 12.3 Å². The van der Waals surface area contributed by atoms with Gasteiger partial charge in [-0.1, -0.05) is 23.4 Å². The minimum absolute atomic E-state index is 0.0740. The van der Waals surface area contributed by atoms with E-state index in [-0.39, 0.29) is 11.8 Å². The normalized spacial score (nSPS) is 11.2. The molecule has 4 nitrogen and oxygen atoms in total. The van der Waals surface area contributed by atoms with Crippen LogP contribution in [0.15, 0.2) is 23.4 Å². The highest BCUT2D eigenvalue weighted by Gasteiger charge is 2.11. The van der Waals surface area contributed by atoms with Crippen molar-refractivity contribution in [2.24, 2.45) is 5.16 Å². The molecule has 0 bridgehead atoms. The van der Waals surface area contributed by atoms with E-state index in [1.807, 2.05) is 39.0 Å². The number of hydrogen-bond acceptors (Lipinski definition) is 3. The molecule has 0 aromatic heterocycles. The lowest BCUT2D eigenvalue weighted by atomic mass is 10.0. The van der Waals surface area contributed by atoms with Crippen LogP contribution in [0.2, 0.25) is 0 Å². The highest BCUT2D eigenvalue weighted by atomic mass is 35.5. The van der Waals surface area contributed by atoms with E-state index < -0.39 is 0 Å². The Kier molecular flexibility index (Phi) is 5.65. The van der Waals surface area contributed by atoms with Gasteiger partial charge in [-0.2, -0.15) is 0 Å². The highest BCUT2D eigenvalue weighted by Crippen LogP contribution is 2.21. The molecule has 5 heteroatoms. The van der Waals surface area contributed by atoms with Crippen LogP contribution in [-0.2, 0) is 9.63 Å². The van der Waals surface area contributed by atoms with Crippen LogP contribution in [0.1, 0.15) is 25.0 Å². The van der Waals surface area contributed by atoms with E-state index in [2.05, 4.69) is 10.5 Å². The third-order valence-corrected chi connectivity index (χ3v) is 2.62. The summed E-state index contributed by atoms with van der Waals surface area (Å²) in [5, 5.41) is 6.76. The molecule has 0 fully saturated rings. The second-order valence-corrected chi connectivity index (χ2v) is 4.04. The van der Waals surface area contributed by atoms with Crippen molar-refractivity contribution in [3.63, 3.8) is 0 Å². The van der Waals surface area contributed by atoms with E-state index in [0.717, 1.165) is 16.8 Å². The molecule has 98 valence electrons. The molecular weight excluding hydrogens is 252 g/mol. The number of hydrogen-bond donors (Lipinski definition) is 1. The van der Waals surface area contributed by atoms with Crippen molar-refractivity contribution in [3.8, 4) is 0 Å². The van der Waals surface area contributed by atoms with Gasteiger partial charge in [0, 0.05) is 5.56 Å². The Morgan fingerprint density at radius 1 is 1.50 bits per heavy atom. The summed E-state index contributed by atoms with van der Waals surface area (Å²) in [5.74, 6) is -0.313. The van der Waals surface area contributed by atoms with Crippen LogP contribution in [0, 0.1) is 6.92 Å². The van der Waals surface area contributed by atoms with Crippen LogP contribution < -0.4 is 5.32 Å². The van der Waals surface area contributed by atoms with Gasteiger partial charge in [-0.15, -0.1) is 11.6 Å². The molecule has 0 unspecified atom stereocenters. The third kappa shape index (κ3) is 3.74. The number of oxime groups is 1. The van der Waals surface area contributed by atoms with Crippen LogP contribution in [0.5, 0.6) is 0 Å². The molecule has 1 N–H and O–H groups in total. The van der Waals surface area contributed by atoms with Crippen LogP contribution in [0.4, 0.5) is 5.69 Å². The van der Waals surface area contributed by atoms with E-state index in [4.69, 9.17) is 16.4 Å². The molecule has 0 aliphatic rings. The fourth-order valence-electron chi connectivity index (χ4n) is 1.52. The molecule has 18 heavy (non-hydrogen) atoms. The average Bonchev–Trinajstić information content (AvgIpc) is 2.38. The Bertz CT molecular complexity index is 458. The van der Waals surface area contributed by atoms with Crippen molar-refractivity contribution in [2.45, 2.75) is 20.8 Å². The molecule has 0 heterocycles. The topological polar surface area (TPSA) is 50.7 Å². The number of carbonyl (C=O) groups is 1. The molecule has 0 aliphatic carbocycles. The maximum atomic E-state index is 11.4. The number of halogens is 1. The summed E-state index contributed by atoms with van der Waals surface area (Å²) >= 11 is 5.50. The predicted octanol–water partition coefficient (Wildman–Crippen LogP) is 2.93. The number of aryl methyl sites for hydroxylation is 1. The Hall–Kier alpha value is -1.55. The lowest BCUT2D eigenvalue weighted by Crippen LogP contribution is -2.16. The second kappa shape index (κ2) is 7.01. The number of carbonyl (C=O) groups excluding carboxylic acids is 1. The van der Waals surface area contributed by atoms with Crippen LogP contribution in [0.3, 0.4) is 0 Å². The van der Waals surface area contributed by atoms with Crippen molar-refractivity contribution in [1.29, 1.82) is 0 Å². The molecular formula is C13H17ClN2O2. The predicted molar refractivity (Wildman–Crippen MR) is 74.4 cm³/mol. The lowest BCUT2D eigenvalue weighted by molar-refractivity contribution is -0.113. The van der Waals surface area contributed by atoms with E-state index in [9.17, 15) is 4.79 Å². The van der Waals surface area contributed by atoms with Crippen molar-refractivity contribution >= 4 is 28.9 Å². The average molecular weight is 269 g/mol. The van der Waals surface area contributed by atoms with Gasteiger partial charge in [-0.3, -0.25) is 4.79 Å². The molecule has 0 saturated heterocycles. The molecule has 0 aliphatic heterocycles. The summed E-state index contributed by atoms with van der Waals surface area (Å²) in [4.78, 5) is 16.4. The summed E-state index contributed by atoms with van der Waals surface area (Å²) in [6.07, 6.45) is 0. The molecule has 0 atom stereocenters. The SMILES string of the molecule is CCON=C(C)c1cccc(C)c1NC(=O)CCl. The first kappa shape index (κ1) is 14.5. The summed E-state index contributed by atoms with van der Waals surface area (Å²) in [5.41, 5.74) is 3.23. The summed E-state index contributed by atoms with van der Waals surface area (Å²) < 4.78 is 0. The number of alkyl halides is 1. The molecule has 1 rings (SSSR count). The number of rotatable bonds is 5. The van der Waals surface area contributed by atoms with Crippen LogP contribution in [0.25, 0.3) is 0 Å². The quantitative estimate of drug-likeness (QED) is 0.507. The van der Waals surface area contributed by atoms with E-state index in [1.165, 1.54) is 0 Å². The zero-order chi connectivity index (χ0) is 13.5. The number of nitrogens with one attached hydrogen (secondary N) is 1. The van der Waals surface area contributed by atoms with Gasteiger partial charge in [0.1, 0.15) is 12.5 Å². The largest absolute Gasteiger partial charge is 0.396 e. The maximum Gasteiger partial charge on any atom is 0.239 e. The van der Waals surface area contributed by atoms with Gasteiger partial charge in [-0.05, 0) is 26.3 Å². The van der Waals surface area contributed by atoms with Gasteiger partial charge in [0.2, 0.25) is 5.91 Å². The number of nitrogens with zero attached hydrogens (tertiary/aromatic N) is 1. The number of benzene rings is 1. The van der Waals surface area contributed by atoms with Gasteiger partial charge in [0.25, 0.3) is 0 Å². The third-order valence-electron chi connectivity index (χ3n) is 2.38. The second-order valence-electron chi connectivity index (χ2n) is 3.77. The monoisotopic (exact) mass is 268 g/mol. The molecule has 0 spiro atoms. The van der Waals surface area contributed by atoms with Gasteiger partial charge in [0.15, 0.2) is 0 Å². The first-order valence-corrected chi connectivity index (χ1v) is 6.26. The minimum atomic E-state index is -0.239. The summed E-state index contributed by atoms with van der Waals surface area (Å²) in [6, 6.07) is 5.71. The fraction of sp³-hybridized carbons (Fsp3) is 0.385. The molecule has 1 aromatic rings. The van der Waals surface area contributed by atoms with Gasteiger partial charge in [0.05, 0.1) is 11.4 Å². The molecule has 1 aromatic carbocycles. The first-order valence-electron chi connectivity index (χ1n) is 5.72. The molecule has 1 amide bonds. The van der Waals surface area contributed by atoms with Gasteiger partial charge >= 0.3 is 0 Å². The zero-order valence-electron chi connectivity index (χ0n) is 10.8. The highest BCUT2D eigenvalue weighted by molar-refractivity contribution is 6.29. The zero-order valence-corrected chi connectivity index (χ0v) is 11.5. The standard InChI is InChI=1S/C13H17ClN2O2/c1-4-18-16-10(3)11-7-5-6-9(2)13(11)15-12(17)8-14/h5-7H,4,8H2,1-3H3,(H,15,17). The van der Waals surface area contributed by atoms with Crippen LogP contribution >= 0.6 is 11.6 Å². The molecule has 0 saturated carbocycles. The van der Waals surface area contributed by atoms with Crippen molar-refractivity contribution in [2.75, 3.05) is 17.8 Å². The van der Waals surface area contributed by atoms with Crippen LogP contribution in [-0.4, -0.2) is 24.1 Å². The summed E-state index contributed by atoms with van der Waals surface area (Å²) in [7, 11) is 0. The van der Waals surface area contributed by atoms with Gasteiger partial charge < -0.3 is 10.2 Å². The Morgan fingerprint density at radius 3 is 2.83 bits per heavy atom. The minimum Gasteiger partial charge on any atom is -0.396 e. The van der Waals surface area contributed by atoms with Crippen molar-refractivity contribution in [3.05, 3.63) is 29.3 Å². The number of amides is 1. The Balaban J connectivity index is 3.11. The molecule has 0 radical (unpaired) electrons.